The van der Waals surface area contributed by atoms with Crippen LogP contribution < -0.4 is 12.3 Å². The molecule has 0 aliphatic rings. The third-order valence-electron chi connectivity index (χ3n) is 2.26. The molecule has 122 valence electrons. The quantitative estimate of drug-likeness (QED) is 0.322. The second-order valence-corrected chi connectivity index (χ2v) is 4.90. The molecule has 0 unspecified atom stereocenters. The number of rotatable bonds is 9. The molecule has 0 aromatic heterocycles. The lowest BCUT2D eigenvalue weighted by Crippen LogP contribution is -1.89. The van der Waals surface area contributed by atoms with Crippen molar-refractivity contribution in [1.29, 1.82) is 0 Å². The van der Waals surface area contributed by atoms with E-state index in [0.717, 1.165) is 6.42 Å². The zero-order valence-electron chi connectivity index (χ0n) is 12.1. The van der Waals surface area contributed by atoms with E-state index >= 15 is 0 Å². The molecule has 0 saturated carbocycles. The molecular weight excluding hydrogens is 272 g/mol. The maximum atomic E-state index is 8.74. The fraction of sp³-hybridized carbons (Fsp3) is 1.00. The minimum absolute atomic E-state index is 0. The Hall–Kier alpha value is -0.250. The molecule has 19 heavy (non-hydrogen) atoms. The average Bonchev–Trinajstić information content (AvgIpc) is 2.20. The molecule has 0 bridgehead atoms. The number of aliphatic hydroxyl groups is 1. The maximum Gasteiger partial charge on any atom is 0.394 e. The van der Waals surface area contributed by atoms with Gasteiger partial charge in [0, 0.05) is 6.61 Å². The number of unbranched alkanes of at least 4 members (excludes halogenated alkanes) is 8. The van der Waals surface area contributed by atoms with Crippen LogP contribution in [0.3, 0.4) is 0 Å². The number of aliphatic hydroxyl groups excluding tert-OH is 1. The van der Waals surface area contributed by atoms with Gasteiger partial charge in [-0.3, -0.25) is 9.11 Å². The molecule has 0 atom stereocenters. The highest BCUT2D eigenvalue weighted by molar-refractivity contribution is 7.79. The first-order chi connectivity index (χ1) is 7.91. The van der Waals surface area contributed by atoms with Gasteiger partial charge < -0.3 is 17.4 Å². The predicted octanol–water partition coefficient (Wildman–Crippen LogP) is 3.18. The first-order valence-corrected chi connectivity index (χ1v) is 7.62. The van der Waals surface area contributed by atoms with E-state index in [1.165, 1.54) is 51.4 Å². The Kier molecular flexibility index (Phi) is 28.7. The van der Waals surface area contributed by atoms with Crippen LogP contribution in [0.5, 0.6) is 0 Å². The summed E-state index contributed by atoms with van der Waals surface area (Å²) in [7, 11) is -4.67. The van der Waals surface area contributed by atoms with Crippen LogP contribution in [0.2, 0.25) is 0 Å². The Bertz CT molecular complexity index is 217. The van der Waals surface area contributed by atoms with Crippen LogP contribution in [-0.2, 0) is 10.4 Å². The molecule has 0 aliphatic heterocycles. The van der Waals surface area contributed by atoms with Crippen LogP contribution in [0, 0.1) is 0 Å². The van der Waals surface area contributed by atoms with Crippen LogP contribution in [0.25, 0.3) is 0 Å². The van der Waals surface area contributed by atoms with Gasteiger partial charge in [0.25, 0.3) is 0 Å². The van der Waals surface area contributed by atoms with Crippen molar-refractivity contribution in [1.82, 2.24) is 12.3 Å². The van der Waals surface area contributed by atoms with Crippen molar-refractivity contribution in [3.8, 4) is 0 Å². The van der Waals surface area contributed by atoms with Gasteiger partial charge in [-0.15, -0.1) is 0 Å². The van der Waals surface area contributed by atoms with E-state index in [9.17, 15) is 0 Å². The Morgan fingerprint density at radius 1 is 0.737 bits per heavy atom. The van der Waals surface area contributed by atoms with Crippen molar-refractivity contribution in [2.45, 2.75) is 64.7 Å². The average molecular weight is 304 g/mol. The van der Waals surface area contributed by atoms with Gasteiger partial charge in [0.2, 0.25) is 0 Å². The first-order valence-electron chi connectivity index (χ1n) is 6.22. The lowest BCUT2D eigenvalue weighted by atomic mass is 10.1. The summed E-state index contributed by atoms with van der Waals surface area (Å²) in [6.07, 6.45) is 11.8. The highest BCUT2D eigenvalue weighted by Crippen LogP contribution is 2.08. The van der Waals surface area contributed by atoms with Crippen LogP contribution in [0.4, 0.5) is 0 Å². The molecule has 0 fully saturated rings. The maximum absolute atomic E-state index is 8.74. The summed E-state index contributed by atoms with van der Waals surface area (Å²) in [6.45, 7) is 2.62. The van der Waals surface area contributed by atoms with Crippen molar-refractivity contribution in [2.24, 2.45) is 0 Å². The lowest BCUT2D eigenvalue weighted by molar-refractivity contribution is 0.282. The molecule has 0 aromatic rings. The summed E-state index contributed by atoms with van der Waals surface area (Å²) in [5, 5.41) is 8.54. The molecule has 7 nitrogen and oxygen atoms in total. The van der Waals surface area contributed by atoms with Crippen LogP contribution >= 0.6 is 0 Å². The largest absolute Gasteiger partial charge is 0.396 e. The molecule has 0 heterocycles. The summed E-state index contributed by atoms with van der Waals surface area (Å²) < 4.78 is 31.6. The van der Waals surface area contributed by atoms with Gasteiger partial charge in [0.1, 0.15) is 0 Å². The van der Waals surface area contributed by atoms with Crippen LogP contribution in [0.1, 0.15) is 64.7 Å². The van der Waals surface area contributed by atoms with Crippen molar-refractivity contribution in [2.75, 3.05) is 6.61 Å². The van der Waals surface area contributed by atoms with Gasteiger partial charge in [-0.1, -0.05) is 58.3 Å². The van der Waals surface area contributed by atoms with Crippen molar-refractivity contribution in [3.63, 3.8) is 0 Å². The summed E-state index contributed by atoms with van der Waals surface area (Å²) in [6, 6.07) is 0. The summed E-state index contributed by atoms with van der Waals surface area (Å²) in [4.78, 5) is 0. The molecular formula is C11H32N2O5S. The van der Waals surface area contributed by atoms with Gasteiger partial charge in [0.15, 0.2) is 0 Å². The van der Waals surface area contributed by atoms with Gasteiger partial charge >= 0.3 is 10.4 Å². The van der Waals surface area contributed by atoms with Gasteiger partial charge in [0.05, 0.1) is 0 Å². The predicted molar refractivity (Wildman–Crippen MR) is 78.5 cm³/mol. The standard InChI is InChI=1S/C11H24O.2H3N.H2O4S/c1-2-3-4-5-6-7-8-9-10-11-12;;;1-5(2,3)4/h12H,2-11H2,1H3;2*1H3;(H2,1,2,3,4). The Balaban J connectivity index is -0.000000139. The Morgan fingerprint density at radius 3 is 1.26 bits per heavy atom. The zero-order valence-corrected chi connectivity index (χ0v) is 12.9. The molecule has 0 radical (unpaired) electrons. The molecule has 0 aromatic carbocycles. The molecule has 8 heteroatoms. The summed E-state index contributed by atoms with van der Waals surface area (Å²) in [5.74, 6) is 0. The Labute approximate surface area is 117 Å². The summed E-state index contributed by atoms with van der Waals surface area (Å²) >= 11 is 0. The molecule has 9 N–H and O–H groups in total. The van der Waals surface area contributed by atoms with E-state index in [4.69, 9.17) is 22.6 Å². The minimum atomic E-state index is -4.67. The normalized spacial score (nSPS) is 9.68. The number of hydrogen-bond donors (Lipinski definition) is 5. The van der Waals surface area contributed by atoms with Crippen molar-refractivity contribution >= 4 is 10.4 Å². The van der Waals surface area contributed by atoms with E-state index < -0.39 is 10.4 Å². The van der Waals surface area contributed by atoms with Crippen molar-refractivity contribution in [3.05, 3.63) is 0 Å². The fourth-order valence-corrected chi connectivity index (χ4v) is 1.42. The lowest BCUT2D eigenvalue weighted by Gasteiger charge is -1.99. The zero-order chi connectivity index (χ0) is 13.6. The van der Waals surface area contributed by atoms with E-state index in [-0.39, 0.29) is 12.3 Å². The molecule has 0 saturated heterocycles. The SMILES string of the molecule is CCCCCCCCCCCO.N.N.O=S(=O)(O)O. The Morgan fingerprint density at radius 2 is 1.00 bits per heavy atom. The fourth-order valence-electron chi connectivity index (χ4n) is 1.42. The van der Waals surface area contributed by atoms with Gasteiger partial charge in [-0.25, -0.2) is 0 Å². The van der Waals surface area contributed by atoms with E-state index in [0.29, 0.717) is 6.61 Å². The number of hydrogen-bond acceptors (Lipinski definition) is 5. The second kappa shape index (κ2) is 20.1. The van der Waals surface area contributed by atoms with E-state index in [1.807, 2.05) is 0 Å². The van der Waals surface area contributed by atoms with Gasteiger partial charge in [-0.2, -0.15) is 8.42 Å². The smallest absolute Gasteiger partial charge is 0.394 e. The minimum Gasteiger partial charge on any atom is -0.396 e. The monoisotopic (exact) mass is 304 g/mol. The third kappa shape index (κ3) is 57.5. The van der Waals surface area contributed by atoms with E-state index in [2.05, 4.69) is 6.92 Å². The molecule has 0 amide bonds. The molecule has 0 spiro atoms. The second-order valence-electron chi connectivity index (χ2n) is 4.00. The van der Waals surface area contributed by atoms with Crippen LogP contribution in [-0.4, -0.2) is 29.2 Å². The third-order valence-corrected chi connectivity index (χ3v) is 2.26. The topological polar surface area (TPSA) is 165 Å². The summed E-state index contributed by atoms with van der Waals surface area (Å²) in [5.41, 5.74) is 0. The van der Waals surface area contributed by atoms with Crippen molar-refractivity contribution < 1.29 is 22.6 Å². The molecule has 0 aliphatic carbocycles. The highest BCUT2D eigenvalue weighted by atomic mass is 32.3. The van der Waals surface area contributed by atoms with E-state index in [1.54, 1.807) is 0 Å². The molecule has 0 rings (SSSR count). The highest BCUT2D eigenvalue weighted by Gasteiger charge is 1.90. The van der Waals surface area contributed by atoms with Gasteiger partial charge in [-0.05, 0) is 6.42 Å². The first kappa shape index (κ1) is 27.2. The van der Waals surface area contributed by atoms with Crippen LogP contribution in [0.15, 0.2) is 0 Å².